The Morgan fingerprint density at radius 1 is 1.06 bits per heavy atom. The minimum atomic E-state index is -0.577. The van der Waals surface area contributed by atoms with Gasteiger partial charge in [0.25, 0.3) is 0 Å². The fraction of sp³-hybridized carbons (Fsp3) is 0.379. The summed E-state index contributed by atoms with van der Waals surface area (Å²) in [7, 11) is 1.12. The van der Waals surface area contributed by atoms with Crippen LogP contribution < -0.4 is 10.5 Å². The van der Waals surface area contributed by atoms with E-state index in [4.69, 9.17) is 25.2 Å². The molecule has 7 heteroatoms. The Hall–Kier alpha value is -2.87. The van der Waals surface area contributed by atoms with Crippen LogP contribution in [0.15, 0.2) is 61.1 Å². The van der Waals surface area contributed by atoms with Crippen LogP contribution in [0, 0.1) is 0 Å². The highest BCUT2D eigenvalue weighted by molar-refractivity contribution is 8.32. The first-order valence-corrected chi connectivity index (χ1v) is 15.4. The molecule has 2 N–H and O–H groups in total. The van der Waals surface area contributed by atoms with E-state index in [0.29, 0.717) is 13.3 Å². The predicted molar refractivity (Wildman–Crippen MR) is 150 cm³/mol. The molecule has 0 spiro atoms. The van der Waals surface area contributed by atoms with Crippen molar-refractivity contribution in [1.29, 1.82) is 0 Å². The maximum Gasteiger partial charge on any atom is 0.145 e. The molecule has 0 amide bonds. The van der Waals surface area contributed by atoms with Gasteiger partial charge >= 0.3 is 0 Å². The number of methoxy groups -OCH3 is 1. The summed E-state index contributed by atoms with van der Waals surface area (Å²) in [6, 6.07) is 15.0. The Labute approximate surface area is 215 Å². The van der Waals surface area contributed by atoms with E-state index in [-0.39, 0.29) is 5.41 Å². The van der Waals surface area contributed by atoms with Gasteiger partial charge in [0.05, 0.1) is 19.9 Å². The molecule has 36 heavy (non-hydrogen) atoms. The first kappa shape index (κ1) is 24.8. The number of benzene rings is 1. The van der Waals surface area contributed by atoms with Crippen molar-refractivity contribution >= 4 is 21.1 Å². The molecule has 5 rings (SSSR count). The molecule has 4 aromatic rings. The van der Waals surface area contributed by atoms with Crippen LogP contribution in [0.4, 0.5) is 0 Å². The molecule has 0 saturated carbocycles. The van der Waals surface area contributed by atoms with Gasteiger partial charge in [-0.1, -0.05) is 24.3 Å². The molecule has 3 aromatic heterocycles. The second-order valence-corrected chi connectivity index (χ2v) is 15.2. The molecule has 0 unspecified atom stereocenters. The Kier molecular flexibility index (Phi) is 6.81. The van der Waals surface area contributed by atoms with E-state index in [9.17, 15) is 0 Å². The van der Waals surface area contributed by atoms with Crippen LogP contribution in [-0.4, -0.2) is 59.3 Å². The lowest BCUT2D eigenvalue weighted by molar-refractivity contribution is 0.0923. The lowest BCUT2D eigenvalue weighted by Gasteiger charge is -2.27. The standard InChI is InChI=1S/C29H36N4O2S/c1-34-25-18-32-28-24(10-12-33(28)20-35-13-14-36(2,3)4)27(25)21-9-11-31-26(15-21)29(19-30)16-22-7-5-6-8-23(22)17-29/h5-12,15,18H,13-14,16-17,19-20,30H2,1-4H3. The third-order valence-corrected chi connectivity index (χ3v) is 8.59. The molecule has 0 radical (unpaired) electrons. The van der Waals surface area contributed by atoms with E-state index in [1.165, 1.54) is 11.1 Å². The van der Waals surface area contributed by atoms with Crippen molar-refractivity contribution in [3.05, 3.63) is 77.9 Å². The molecule has 0 bridgehead atoms. The van der Waals surface area contributed by atoms with Crippen molar-refractivity contribution in [2.45, 2.75) is 25.0 Å². The highest BCUT2D eigenvalue weighted by Crippen LogP contribution is 2.42. The van der Waals surface area contributed by atoms with Crippen molar-refractivity contribution in [1.82, 2.24) is 14.5 Å². The van der Waals surface area contributed by atoms with Crippen molar-refractivity contribution in [2.75, 3.05) is 44.8 Å². The zero-order chi connectivity index (χ0) is 25.3. The molecule has 190 valence electrons. The van der Waals surface area contributed by atoms with E-state index in [0.717, 1.165) is 58.8 Å². The summed E-state index contributed by atoms with van der Waals surface area (Å²) in [5.74, 6) is 1.83. The number of nitrogens with zero attached hydrogens (tertiary/aromatic N) is 3. The van der Waals surface area contributed by atoms with Crippen LogP contribution in [0.2, 0.25) is 0 Å². The van der Waals surface area contributed by atoms with Gasteiger partial charge in [-0.3, -0.25) is 4.98 Å². The zero-order valence-electron chi connectivity index (χ0n) is 21.7. The molecule has 3 heterocycles. The molecule has 1 aromatic carbocycles. The zero-order valence-corrected chi connectivity index (χ0v) is 22.5. The number of fused-ring (bicyclic) bond motifs is 2. The van der Waals surface area contributed by atoms with Gasteiger partial charge in [0.2, 0.25) is 0 Å². The van der Waals surface area contributed by atoms with Gasteiger partial charge in [0, 0.05) is 46.7 Å². The first-order valence-electron chi connectivity index (χ1n) is 12.3. The number of aromatic nitrogens is 3. The minimum absolute atomic E-state index is 0.201. The van der Waals surface area contributed by atoms with Gasteiger partial charge < -0.3 is 19.8 Å². The highest BCUT2D eigenvalue weighted by atomic mass is 32.3. The first-order chi connectivity index (χ1) is 17.3. The maximum absolute atomic E-state index is 6.41. The largest absolute Gasteiger partial charge is 0.494 e. The molecule has 1 aliphatic carbocycles. The Morgan fingerprint density at radius 3 is 2.47 bits per heavy atom. The van der Waals surface area contributed by atoms with Gasteiger partial charge in [-0.2, -0.15) is 0 Å². The van der Waals surface area contributed by atoms with Crippen molar-refractivity contribution in [2.24, 2.45) is 5.73 Å². The average molecular weight is 505 g/mol. The van der Waals surface area contributed by atoms with Gasteiger partial charge in [-0.15, -0.1) is 0 Å². The van der Waals surface area contributed by atoms with Crippen LogP contribution >= 0.6 is 10.0 Å². The summed E-state index contributed by atoms with van der Waals surface area (Å²) in [5, 5.41) is 1.04. The lowest BCUT2D eigenvalue weighted by atomic mass is 9.80. The Bertz CT molecular complexity index is 1350. The van der Waals surface area contributed by atoms with Crippen LogP contribution in [-0.2, 0) is 29.7 Å². The molecule has 6 nitrogen and oxygen atoms in total. The summed E-state index contributed by atoms with van der Waals surface area (Å²) in [5.41, 5.74) is 12.9. The topological polar surface area (TPSA) is 75.2 Å². The van der Waals surface area contributed by atoms with Crippen LogP contribution in [0.5, 0.6) is 5.75 Å². The van der Waals surface area contributed by atoms with E-state index >= 15 is 0 Å². The molecular weight excluding hydrogens is 468 g/mol. The monoisotopic (exact) mass is 504 g/mol. The number of hydrogen-bond donors (Lipinski definition) is 1. The summed E-state index contributed by atoms with van der Waals surface area (Å²) in [6.45, 7) is 1.78. The maximum atomic E-state index is 6.41. The normalized spacial score (nSPS) is 15.2. The summed E-state index contributed by atoms with van der Waals surface area (Å²) in [4.78, 5) is 9.53. The van der Waals surface area contributed by atoms with E-state index in [1.54, 1.807) is 13.3 Å². The van der Waals surface area contributed by atoms with Gasteiger partial charge in [-0.05, 0) is 66.5 Å². The number of nitrogens with two attached hydrogens (primary N) is 1. The van der Waals surface area contributed by atoms with Crippen molar-refractivity contribution in [3.63, 3.8) is 0 Å². The Morgan fingerprint density at radius 2 is 1.81 bits per heavy atom. The molecular formula is C29H36N4O2S. The van der Waals surface area contributed by atoms with Gasteiger partial charge in [0.15, 0.2) is 0 Å². The molecule has 1 aliphatic rings. The summed E-state index contributed by atoms with van der Waals surface area (Å²) in [6.07, 6.45) is 14.5. The molecule has 0 aliphatic heterocycles. The average Bonchev–Trinajstić information content (AvgIpc) is 3.47. The second-order valence-electron chi connectivity index (χ2n) is 10.6. The smallest absolute Gasteiger partial charge is 0.145 e. The fourth-order valence-electron chi connectivity index (χ4n) is 5.15. The van der Waals surface area contributed by atoms with Gasteiger partial charge in [0.1, 0.15) is 18.1 Å². The molecule has 0 saturated heterocycles. The summed E-state index contributed by atoms with van der Waals surface area (Å²) < 4.78 is 13.8. The SMILES string of the molecule is COc1cnc2c(ccn2COCCS(C)(C)C)c1-c1ccnc(C2(CN)Cc3ccccc3C2)c1. The van der Waals surface area contributed by atoms with E-state index < -0.39 is 10.0 Å². The van der Waals surface area contributed by atoms with Gasteiger partial charge in [-0.25, -0.2) is 15.0 Å². The fourth-order valence-corrected chi connectivity index (χ4v) is 5.77. The highest BCUT2D eigenvalue weighted by Gasteiger charge is 2.39. The third kappa shape index (κ3) is 4.75. The van der Waals surface area contributed by atoms with Crippen LogP contribution in [0.25, 0.3) is 22.2 Å². The Balaban J connectivity index is 1.49. The van der Waals surface area contributed by atoms with E-state index in [2.05, 4.69) is 59.7 Å². The predicted octanol–water partition coefficient (Wildman–Crippen LogP) is 4.77. The van der Waals surface area contributed by atoms with Crippen LogP contribution in [0.3, 0.4) is 0 Å². The van der Waals surface area contributed by atoms with Crippen molar-refractivity contribution < 1.29 is 9.47 Å². The van der Waals surface area contributed by atoms with Crippen LogP contribution in [0.1, 0.15) is 16.8 Å². The minimum Gasteiger partial charge on any atom is -0.494 e. The number of hydrogen-bond acceptors (Lipinski definition) is 5. The molecule has 0 fully saturated rings. The third-order valence-electron chi connectivity index (χ3n) is 7.20. The second kappa shape index (κ2) is 9.88. The quantitative estimate of drug-likeness (QED) is 0.332. The number of ether oxygens (including phenoxy) is 2. The van der Waals surface area contributed by atoms with Crippen molar-refractivity contribution in [3.8, 4) is 16.9 Å². The van der Waals surface area contributed by atoms with E-state index in [1.807, 2.05) is 18.5 Å². The summed E-state index contributed by atoms with van der Waals surface area (Å²) >= 11 is 0. The number of rotatable bonds is 9. The molecule has 0 atom stereocenters. The number of pyridine rings is 2. The lowest BCUT2D eigenvalue weighted by Crippen LogP contribution is -2.36.